The minimum atomic E-state index is -0.845. The summed E-state index contributed by atoms with van der Waals surface area (Å²) in [6, 6.07) is 28.0. The first-order valence-electron chi connectivity index (χ1n) is 12.5. The zero-order valence-electron chi connectivity index (χ0n) is 21.0. The van der Waals surface area contributed by atoms with Crippen LogP contribution in [-0.2, 0) is 11.3 Å². The maximum atomic E-state index is 14.2. The van der Waals surface area contributed by atoms with Crippen LogP contribution in [0, 0.1) is 12.7 Å². The molecule has 0 spiro atoms. The van der Waals surface area contributed by atoms with Crippen molar-refractivity contribution in [3.63, 3.8) is 0 Å². The third-order valence-electron chi connectivity index (χ3n) is 6.96. The molecule has 5 nitrogen and oxygen atoms in total. The number of halogens is 1. The number of carbonyl (C=O) groups is 2. The summed E-state index contributed by atoms with van der Waals surface area (Å²) in [6.45, 7) is 1.85. The van der Waals surface area contributed by atoms with Crippen LogP contribution in [0.4, 0.5) is 4.39 Å². The Kier molecular flexibility index (Phi) is 6.29. The summed E-state index contributed by atoms with van der Waals surface area (Å²) in [6.07, 6.45) is 0. The Morgan fingerprint density at radius 1 is 0.949 bits per heavy atom. The maximum absolute atomic E-state index is 14.2. The molecule has 4 aromatic carbocycles. The predicted molar refractivity (Wildman–Crippen MR) is 150 cm³/mol. The number of ketones is 1. The highest BCUT2D eigenvalue weighted by atomic mass is 32.1. The molecule has 1 N–H and O–H groups in total. The molecule has 1 atom stereocenters. The Bertz CT molecular complexity index is 1750. The third-order valence-corrected chi connectivity index (χ3v) is 8.16. The summed E-state index contributed by atoms with van der Waals surface area (Å²) in [5.41, 5.74) is 2.84. The second-order valence-electron chi connectivity index (χ2n) is 9.42. The number of amides is 1. The minimum Gasteiger partial charge on any atom is -0.503 e. The molecule has 1 amide bonds. The molecular formula is C32H23FN2O3S. The number of hydrogen-bond donors (Lipinski definition) is 1. The highest BCUT2D eigenvalue weighted by molar-refractivity contribution is 7.17. The zero-order chi connectivity index (χ0) is 27.1. The zero-order valence-corrected chi connectivity index (χ0v) is 21.8. The SMILES string of the molecule is Cc1nc(-c2ccccc2)sc1C(=O)C1=C(O)C(=O)N(Cc2ccc(F)cc2)C1c1cccc2ccccc12. The highest BCUT2D eigenvalue weighted by Gasteiger charge is 2.45. The lowest BCUT2D eigenvalue weighted by Gasteiger charge is -2.28. The molecule has 39 heavy (non-hydrogen) atoms. The van der Waals surface area contributed by atoms with Gasteiger partial charge in [0, 0.05) is 12.1 Å². The summed E-state index contributed by atoms with van der Waals surface area (Å²) < 4.78 is 13.6. The Labute approximate surface area is 228 Å². The Morgan fingerprint density at radius 2 is 1.64 bits per heavy atom. The van der Waals surface area contributed by atoms with Crippen molar-refractivity contribution in [3.05, 3.63) is 136 Å². The van der Waals surface area contributed by atoms with Crippen molar-refractivity contribution in [2.75, 3.05) is 0 Å². The molecule has 0 aliphatic carbocycles. The highest BCUT2D eigenvalue weighted by Crippen LogP contribution is 2.43. The normalized spacial score (nSPS) is 15.4. The fourth-order valence-corrected chi connectivity index (χ4v) is 6.11. The van der Waals surface area contributed by atoms with E-state index in [1.54, 1.807) is 19.1 Å². The second kappa shape index (κ2) is 9.93. The number of thiazole rings is 1. The molecule has 0 bridgehead atoms. The van der Waals surface area contributed by atoms with Crippen LogP contribution in [0.5, 0.6) is 0 Å². The van der Waals surface area contributed by atoms with E-state index in [2.05, 4.69) is 4.98 Å². The van der Waals surface area contributed by atoms with E-state index in [0.717, 1.165) is 21.9 Å². The molecular weight excluding hydrogens is 511 g/mol. The number of aryl methyl sites for hydroxylation is 1. The number of aromatic nitrogens is 1. The number of hydrogen-bond acceptors (Lipinski definition) is 5. The largest absolute Gasteiger partial charge is 0.503 e. The summed E-state index contributed by atoms with van der Waals surface area (Å²) in [5, 5.41) is 13.7. The molecule has 0 radical (unpaired) electrons. The monoisotopic (exact) mass is 534 g/mol. The van der Waals surface area contributed by atoms with Gasteiger partial charge in [-0.2, -0.15) is 0 Å². The van der Waals surface area contributed by atoms with Crippen molar-refractivity contribution in [1.82, 2.24) is 9.88 Å². The fourth-order valence-electron chi connectivity index (χ4n) is 5.08. The van der Waals surface area contributed by atoms with E-state index in [-0.39, 0.29) is 17.9 Å². The van der Waals surface area contributed by atoms with Crippen molar-refractivity contribution in [1.29, 1.82) is 0 Å². The number of fused-ring (bicyclic) bond motifs is 1. The van der Waals surface area contributed by atoms with E-state index in [9.17, 15) is 19.1 Å². The van der Waals surface area contributed by atoms with Gasteiger partial charge in [0.05, 0.1) is 22.2 Å². The lowest BCUT2D eigenvalue weighted by molar-refractivity contribution is -0.130. The number of benzene rings is 4. The van der Waals surface area contributed by atoms with Gasteiger partial charge < -0.3 is 10.0 Å². The molecule has 1 unspecified atom stereocenters. The molecule has 0 saturated carbocycles. The summed E-state index contributed by atoms with van der Waals surface area (Å²) in [4.78, 5) is 34.2. The van der Waals surface area contributed by atoms with Gasteiger partial charge in [0.25, 0.3) is 5.91 Å². The molecule has 1 aromatic heterocycles. The van der Waals surface area contributed by atoms with Crippen molar-refractivity contribution >= 4 is 33.8 Å². The number of Topliss-reactive ketones (excluding diaryl/α,β-unsaturated/α-hetero) is 1. The van der Waals surface area contributed by atoms with Gasteiger partial charge in [-0.05, 0) is 41.0 Å². The molecule has 5 aromatic rings. The van der Waals surface area contributed by atoms with Crippen molar-refractivity contribution in [3.8, 4) is 10.6 Å². The first-order valence-corrected chi connectivity index (χ1v) is 13.3. The second-order valence-corrected chi connectivity index (χ2v) is 10.4. The molecule has 1 aliphatic heterocycles. The van der Waals surface area contributed by atoms with Gasteiger partial charge in [0.15, 0.2) is 5.76 Å². The Morgan fingerprint density at radius 3 is 2.41 bits per heavy atom. The van der Waals surface area contributed by atoms with E-state index >= 15 is 0 Å². The Balaban J connectivity index is 1.49. The van der Waals surface area contributed by atoms with E-state index in [1.807, 2.05) is 72.8 Å². The fraction of sp³-hybridized carbons (Fsp3) is 0.0938. The molecule has 192 valence electrons. The Hall–Kier alpha value is -4.62. The first kappa shape index (κ1) is 24.7. The summed E-state index contributed by atoms with van der Waals surface area (Å²) in [5.74, 6) is -2.04. The number of aliphatic hydroxyl groups is 1. The van der Waals surface area contributed by atoms with Crippen LogP contribution in [0.2, 0.25) is 0 Å². The lowest BCUT2D eigenvalue weighted by Crippen LogP contribution is -2.30. The van der Waals surface area contributed by atoms with Crippen LogP contribution in [0.25, 0.3) is 21.3 Å². The standard InChI is InChI=1S/C32H23FN2O3S/c1-19-30(39-31(34-19)22-9-3-2-4-10-22)28(36)26-27(25-13-7-11-21-8-5-6-12-24(21)25)35(32(38)29(26)37)18-20-14-16-23(33)17-15-20/h2-17,27,37H,18H2,1H3. The van der Waals surface area contributed by atoms with Gasteiger partial charge in [0.2, 0.25) is 5.78 Å². The van der Waals surface area contributed by atoms with Crippen LogP contribution in [0.3, 0.4) is 0 Å². The van der Waals surface area contributed by atoms with E-state index in [0.29, 0.717) is 21.1 Å². The number of nitrogens with zero attached hydrogens (tertiary/aromatic N) is 2. The minimum absolute atomic E-state index is 0.0184. The molecule has 6 rings (SSSR count). The van der Waals surface area contributed by atoms with Crippen LogP contribution in [0.1, 0.15) is 32.5 Å². The van der Waals surface area contributed by atoms with Gasteiger partial charge in [-0.15, -0.1) is 11.3 Å². The van der Waals surface area contributed by atoms with Crippen LogP contribution in [0.15, 0.2) is 108 Å². The van der Waals surface area contributed by atoms with E-state index in [1.165, 1.54) is 28.4 Å². The number of carbonyl (C=O) groups excluding carboxylic acids is 2. The van der Waals surface area contributed by atoms with Gasteiger partial charge in [0.1, 0.15) is 10.8 Å². The molecule has 0 fully saturated rings. The molecule has 0 saturated heterocycles. The van der Waals surface area contributed by atoms with Gasteiger partial charge in [-0.1, -0.05) is 84.9 Å². The third kappa shape index (κ3) is 4.41. The quantitative estimate of drug-likeness (QED) is 0.234. The lowest BCUT2D eigenvalue weighted by atomic mass is 9.91. The first-order chi connectivity index (χ1) is 18.9. The van der Waals surface area contributed by atoms with Crippen LogP contribution < -0.4 is 0 Å². The average molecular weight is 535 g/mol. The van der Waals surface area contributed by atoms with Crippen LogP contribution >= 0.6 is 11.3 Å². The maximum Gasteiger partial charge on any atom is 0.290 e. The van der Waals surface area contributed by atoms with Gasteiger partial charge >= 0.3 is 0 Å². The molecule has 7 heteroatoms. The predicted octanol–water partition coefficient (Wildman–Crippen LogP) is 7.19. The van der Waals surface area contributed by atoms with Crippen molar-refractivity contribution in [2.24, 2.45) is 0 Å². The van der Waals surface area contributed by atoms with Gasteiger partial charge in [-0.25, -0.2) is 9.37 Å². The smallest absolute Gasteiger partial charge is 0.290 e. The molecule has 2 heterocycles. The summed E-state index contributed by atoms with van der Waals surface area (Å²) >= 11 is 1.24. The number of rotatable bonds is 6. The summed E-state index contributed by atoms with van der Waals surface area (Å²) in [7, 11) is 0. The van der Waals surface area contributed by atoms with Crippen molar-refractivity contribution in [2.45, 2.75) is 19.5 Å². The number of aliphatic hydroxyl groups excluding tert-OH is 1. The van der Waals surface area contributed by atoms with E-state index in [4.69, 9.17) is 0 Å². The van der Waals surface area contributed by atoms with Gasteiger partial charge in [-0.3, -0.25) is 9.59 Å². The topological polar surface area (TPSA) is 70.5 Å². The van der Waals surface area contributed by atoms with Crippen molar-refractivity contribution < 1.29 is 19.1 Å². The molecule has 1 aliphatic rings. The average Bonchev–Trinajstić information content (AvgIpc) is 3.47. The van der Waals surface area contributed by atoms with Crippen LogP contribution in [-0.4, -0.2) is 26.7 Å². The van der Waals surface area contributed by atoms with E-state index < -0.39 is 23.5 Å².